The zero-order valence-electron chi connectivity index (χ0n) is 15.0. The van der Waals surface area contributed by atoms with Gasteiger partial charge in [0, 0.05) is 44.3 Å². The third-order valence-corrected chi connectivity index (χ3v) is 4.41. The molecule has 1 aromatic carbocycles. The first-order valence-corrected chi connectivity index (χ1v) is 9.03. The van der Waals surface area contributed by atoms with Gasteiger partial charge in [-0.3, -0.25) is 9.89 Å². The predicted octanol–water partition coefficient (Wildman–Crippen LogP) is 2.46. The number of hydrogen-bond donors (Lipinski definition) is 1. The smallest absolute Gasteiger partial charge is 0.194 e. The van der Waals surface area contributed by atoms with Crippen molar-refractivity contribution < 1.29 is 4.74 Å². The lowest BCUT2D eigenvalue weighted by Crippen LogP contribution is -2.44. The van der Waals surface area contributed by atoms with E-state index in [1.807, 2.05) is 18.2 Å². The van der Waals surface area contributed by atoms with Crippen LogP contribution in [0.4, 0.5) is 0 Å². The maximum absolute atomic E-state index is 6.08. The highest BCUT2D eigenvalue weighted by Gasteiger charge is 2.17. The summed E-state index contributed by atoms with van der Waals surface area (Å²) in [6.07, 6.45) is 0. The summed E-state index contributed by atoms with van der Waals surface area (Å²) in [6.45, 7) is 10.4. The first-order chi connectivity index (χ1) is 11.6. The predicted molar refractivity (Wildman–Crippen MR) is 101 cm³/mol. The standard InChI is InChI=1S/C18H29ClN4O/c1-4-20-18(21-13-15(2)23-8-10-24-11-9-23)22(3)14-16-6-5-7-17(19)12-16/h5-7,12,15H,4,8-11,13-14H2,1-3H3,(H,20,21). The van der Waals surface area contributed by atoms with Gasteiger partial charge in [0.15, 0.2) is 5.96 Å². The van der Waals surface area contributed by atoms with Gasteiger partial charge in [0.2, 0.25) is 0 Å². The third-order valence-electron chi connectivity index (χ3n) is 4.18. The highest BCUT2D eigenvalue weighted by Crippen LogP contribution is 2.12. The molecule has 1 N–H and O–H groups in total. The van der Waals surface area contributed by atoms with Gasteiger partial charge in [-0.1, -0.05) is 23.7 Å². The Morgan fingerprint density at radius 1 is 1.42 bits per heavy atom. The van der Waals surface area contributed by atoms with Crippen LogP contribution in [0.15, 0.2) is 29.3 Å². The number of rotatable bonds is 6. The molecule has 134 valence electrons. The number of benzene rings is 1. The Kier molecular flexibility index (Phi) is 7.82. The first-order valence-electron chi connectivity index (χ1n) is 8.66. The lowest BCUT2D eigenvalue weighted by Gasteiger charge is -2.32. The van der Waals surface area contributed by atoms with Gasteiger partial charge >= 0.3 is 0 Å². The Balaban J connectivity index is 1.95. The zero-order valence-corrected chi connectivity index (χ0v) is 15.7. The van der Waals surface area contributed by atoms with E-state index in [2.05, 4.69) is 42.1 Å². The van der Waals surface area contributed by atoms with Crippen molar-refractivity contribution in [3.63, 3.8) is 0 Å². The van der Waals surface area contributed by atoms with Gasteiger partial charge in [-0.25, -0.2) is 0 Å². The van der Waals surface area contributed by atoms with Crippen LogP contribution in [0.2, 0.25) is 5.02 Å². The van der Waals surface area contributed by atoms with Crippen molar-refractivity contribution in [2.45, 2.75) is 26.4 Å². The van der Waals surface area contributed by atoms with E-state index in [1.54, 1.807) is 0 Å². The van der Waals surface area contributed by atoms with Gasteiger partial charge in [0.1, 0.15) is 0 Å². The number of nitrogens with one attached hydrogen (secondary N) is 1. The molecule has 24 heavy (non-hydrogen) atoms. The van der Waals surface area contributed by atoms with E-state index in [4.69, 9.17) is 21.3 Å². The van der Waals surface area contributed by atoms with Crippen molar-refractivity contribution in [1.29, 1.82) is 0 Å². The van der Waals surface area contributed by atoms with Crippen LogP contribution in [-0.4, -0.2) is 68.2 Å². The van der Waals surface area contributed by atoms with Crippen LogP contribution in [0, 0.1) is 0 Å². The number of morpholine rings is 1. The molecule has 0 radical (unpaired) electrons. The van der Waals surface area contributed by atoms with Crippen molar-refractivity contribution in [2.24, 2.45) is 4.99 Å². The summed E-state index contributed by atoms with van der Waals surface area (Å²) in [6, 6.07) is 8.38. The van der Waals surface area contributed by atoms with E-state index in [9.17, 15) is 0 Å². The molecule has 6 heteroatoms. The molecule has 0 aromatic heterocycles. The average molecular weight is 353 g/mol. The third kappa shape index (κ3) is 5.96. The van der Waals surface area contributed by atoms with Crippen molar-refractivity contribution in [3.8, 4) is 0 Å². The quantitative estimate of drug-likeness (QED) is 0.630. The fourth-order valence-corrected chi connectivity index (χ4v) is 3.02. The second-order valence-electron chi connectivity index (χ2n) is 6.18. The van der Waals surface area contributed by atoms with Gasteiger partial charge < -0.3 is 15.0 Å². The molecule has 1 aromatic rings. The molecule has 0 spiro atoms. The van der Waals surface area contributed by atoms with E-state index >= 15 is 0 Å². The minimum atomic E-state index is 0.419. The Morgan fingerprint density at radius 3 is 2.83 bits per heavy atom. The van der Waals surface area contributed by atoms with Crippen molar-refractivity contribution in [3.05, 3.63) is 34.9 Å². The lowest BCUT2D eigenvalue weighted by molar-refractivity contribution is 0.0220. The minimum Gasteiger partial charge on any atom is -0.379 e. The Labute approximate surface area is 150 Å². The van der Waals surface area contributed by atoms with Gasteiger partial charge in [0.25, 0.3) is 0 Å². The van der Waals surface area contributed by atoms with Gasteiger partial charge in [0.05, 0.1) is 19.8 Å². The van der Waals surface area contributed by atoms with Gasteiger partial charge in [-0.15, -0.1) is 0 Å². The highest BCUT2D eigenvalue weighted by molar-refractivity contribution is 6.30. The number of halogens is 1. The van der Waals surface area contributed by atoms with E-state index < -0.39 is 0 Å². The molecule has 0 bridgehead atoms. The molecule has 0 saturated carbocycles. The number of guanidine groups is 1. The first kappa shape index (κ1) is 19.0. The minimum absolute atomic E-state index is 0.419. The van der Waals surface area contributed by atoms with Gasteiger partial charge in [-0.2, -0.15) is 0 Å². The normalized spacial score (nSPS) is 17.6. The zero-order chi connectivity index (χ0) is 17.4. The monoisotopic (exact) mass is 352 g/mol. The second kappa shape index (κ2) is 9.87. The molecule has 2 rings (SSSR count). The number of aliphatic imine (C=N–C) groups is 1. The molecule has 1 aliphatic heterocycles. The largest absolute Gasteiger partial charge is 0.379 e. The summed E-state index contributed by atoms with van der Waals surface area (Å²) in [5, 5.41) is 4.14. The molecule has 1 atom stereocenters. The maximum atomic E-state index is 6.08. The fourth-order valence-electron chi connectivity index (χ4n) is 2.81. The van der Waals surface area contributed by atoms with Crippen molar-refractivity contribution >= 4 is 17.6 Å². The summed E-state index contributed by atoms with van der Waals surface area (Å²) in [4.78, 5) is 9.40. The van der Waals surface area contributed by atoms with E-state index in [-0.39, 0.29) is 0 Å². The Bertz CT molecular complexity index is 532. The topological polar surface area (TPSA) is 40.1 Å². The van der Waals surface area contributed by atoms with E-state index in [0.29, 0.717) is 6.04 Å². The molecule has 1 aliphatic rings. The number of nitrogens with zero attached hydrogens (tertiary/aromatic N) is 3. The van der Waals surface area contributed by atoms with E-state index in [1.165, 1.54) is 5.56 Å². The van der Waals surface area contributed by atoms with Crippen LogP contribution >= 0.6 is 11.6 Å². The summed E-state index contributed by atoms with van der Waals surface area (Å²) < 4.78 is 5.42. The molecule has 1 heterocycles. The average Bonchev–Trinajstić information content (AvgIpc) is 2.59. The Morgan fingerprint density at radius 2 is 2.17 bits per heavy atom. The molecular formula is C18H29ClN4O. The Hall–Kier alpha value is -1.30. The van der Waals surface area contributed by atoms with Crippen LogP contribution in [0.5, 0.6) is 0 Å². The molecule has 1 saturated heterocycles. The van der Waals surface area contributed by atoms with Crippen LogP contribution in [-0.2, 0) is 11.3 Å². The molecule has 1 fully saturated rings. The summed E-state index contributed by atoms with van der Waals surface area (Å²) in [5.74, 6) is 0.928. The van der Waals surface area contributed by atoms with Crippen molar-refractivity contribution in [1.82, 2.24) is 15.1 Å². The molecule has 5 nitrogen and oxygen atoms in total. The fraction of sp³-hybridized carbons (Fsp3) is 0.611. The molecule has 1 unspecified atom stereocenters. The van der Waals surface area contributed by atoms with Crippen LogP contribution in [0.1, 0.15) is 19.4 Å². The molecule has 0 amide bonds. The second-order valence-corrected chi connectivity index (χ2v) is 6.61. The molecular weight excluding hydrogens is 324 g/mol. The van der Waals surface area contributed by atoms with Crippen LogP contribution < -0.4 is 5.32 Å². The highest BCUT2D eigenvalue weighted by atomic mass is 35.5. The van der Waals surface area contributed by atoms with Crippen molar-refractivity contribution in [2.75, 3.05) is 46.4 Å². The SMILES string of the molecule is CCNC(=NCC(C)N1CCOCC1)N(C)Cc1cccc(Cl)c1. The van der Waals surface area contributed by atoms with Gasteiger partial charge in [-0.05, 0) is 31.5 Å². The summed E-state index contributed by atoms with van der Waals surface area (Å²) in [5.41, 5.74) is 1.18. The van der Waals surface area contributed by atoms with Crippen LogP contribution in [0.25, 0.3) is 0 Å². The number of ether oxygens (including phenoxy) is 1. The van der Waals surface area contributed by atoms with Crippen LogP contribution in [0.3, 0.4) is 0 Å². The summed E-state index contributed by atoms with van der Waals surface area (Å²) in [7, 11) is 2.06. The maximum Gasteiger partial charge on any atom is 0.194 e. The molecule has 0 aliphatic carbocycles. The number of hydrogen-bond acceptors (Lipinski definition) is 3. The lowest BCUT2D eigenvalue weighted by atomic mass is 10.2. The van der Waals surface area contributed by atoms with E-state index in [0.717, 1.165) is 56.9 Å². The summed E-state index contributed by atoms with van der Waals surface area (Å²) >= 11 is 6.08.